The van der Waals surface area contributed by atoms with Gasteiger partial charge in [0.2, 0.25) is 5.91 Å². The van der Waals surface area contributed by atoms with E-state index in [1.807, 2.05) is 6.92 Å². The highest BCUT2D eigenvalue weighted by molar-refractivity contribution is 6.01. The number of hydrogen-bond acceptors (Lipinski definition) is 9. The van der Waals surface area contributed by atoms with Crippen molar-refractivity contribution in [2.24, 2.45) is 34.5 Å². The van der Waals surface area contributed by atoms with Gasteiger partial charge >= 0.3 is 11.9 Å². The molecule has 5 fully saturated rings. The van der Waals surface area contributed by atoms with Gasteiger partial charge in [-0.25, -0.2) is 9.59 Å². The number of hydrogen-bond donors (Lipinski definition) is 3. The molecule has 0 aromatic rings. The van der Waals surface area contributed by atoms with Crippen molar-refractivity contribution in [1.82, 2.24) is 10.4 Å². The van der Waals surface area contributed by atoms with E-state index in [9.17, 15) is 34.2 Å². The van der Waals surface area contributed by atoms with Crippen LogP contribution >= 0.6 is 0 Å². The molecular weight excluding hydrogens is 544 g/mol. The fourth-order valence-corrected chi connectivity index (χ4v) is 9.84. The summed E-state index contributed by atoms with van der Waals surface area (Å²) in [6.07, 6.45) is 6.70. The summed E-state index contributed by atoms with van der Waals surface area (Å²) >= 11 is 0. The number of carbonyl (C=O) groups is 5. The van der Waals surface area contributed by atoms with Crippen molar-refractivity contribution in [3.63, 3.8) is 0 Å². The van der Waals surface area contributed by atoms with Crippen molar-refractivity contribution in [2.75, 3.05) is 6.61 Å². The molecule has 0 spiro atoms. The minimum atomic E-state index is -1.02. The van der Waals surface area contributed by atoms with Gasteiger partial charge in [-0.3, -0.25) is 14.4 Å². The molecule has 2 aliphatic heterocycles. The van der Waals surface area contributed by atoms with Crippen LogP contribution in [0.5, 0.6) is 0 Å². The van der Waals surface area contributed by atoms with Gasteiger partial charge in [-0.1, -0.05) is 13.8 Å². The number of rotatable bonds is 6. The van der Waals surface area contributed by atoms with Crippen LogP contribution in [0.4, 0.5) is 0 Å². The monoisotopic (exact) mass is 586 g/mol. The van der Waals surface area contributed by atoms with Crippen molar-refractivity contribution in [1.29, 1.82) is 0 Å². The van der Waals surface area contributed by atoms with E-state index >= 15 is 0 Å². The fourth-order valence-electron chi connectivity index (χ4n) is 9.84. The van der Waals surface area contributed by atoms with Gasteiger partial charge in [0.25, 0.3) is 11.8 Å². The molecule has 0 aromatic carbocycles. The van der Waals surface area contributed by atoms with Crippen molar-refractivity contribution in [3.8, 4) is 0 Å². The van der Waals surface area contributed by atoms with Gasteiger partial charge in [0.1, 0.15) is 6.61 Å². The Morgan fingerprint density at radius 1 is 1.02 bits per heavy atom. The van der Waals surface area contributed by atoms with Gasteiger partial charge in [0.05, 0.1) is 18.1 Å². The summed E-state index contributed by atoms with van der Waals surface area (Å²) in [4.78, 5) is 64.7. The van der Waals surface area contributed by atoms with Gasteiger partial charge < -0.3 is 25.1 Å². The second-order valence-corrected chi connectivity index (χ2v) is 14.0. The quantitative estimate of drug-likeness (QED) is 0.313. The zero-order chi connectivity index (χ0) is 30.0. The second kappa shape index (κ2) is 10.4. The first-order chi connectivity index (χ1) is 19.9. The Bertz CT molecular complexity index is 1220. The highest BCUT2D eigenvalue weighted by Crippen LogP contribution is 2.69. The Balaban J connectivity index is 1.07. The molecule has 9 unspecified atom stereocenters. The maximum Gasteiger partial charge on any atom is 0.333 e. The SMILES string of the molecule is CC12CCC(NC(=O)CCC(=O)ON3C(=O)CCC3=O)CC1CCC1C2CC(O)C2(C)C(C3=CC(=O)OC3)CCC12O. The summed E-state index contributed by atoms with van der Waals surface area (Å²) in [6, 6.07) is -0.0329. The van der Waals surface area contributed by atoms with Crippen molar-refractivity contribution in [3.05, 3.63) is 11.6 Å². The number of fused-ring (bicyclic) bond motifs is 5. The van der Waals surface area contributed by atoms with Crippen LogP contribution < -0.4 is 5.32 Å². The largest absolute Gasteiger partial charge is 0.458 e. The number of aliphatic hydroxyl groups excluding tert-OH is 1. The van der Waals surface area contributed by atoms with E-state index in [2.05, 4.69) is 12.2 Å². The molecular formula is C31H42N2O9. The molecule has 42 heavy (non-hydrogen) atoms. The molecule has 2 heterocycles. The lowest BCUT2D eigenvalue weighted by atomic mass is 9.42. The Hall–Kier alpha value is -2.79. The average Bonchev–Trinajstić information content (AvgIpc) is 3.60. The van der Waals surface area contributed by atoms with Gasteiger partial charge in [-0.05, 0) is 86.0 Å². The van der Waals surface area contributed by atoms with Gasteiger partial charge in [-0.15, -0.1) is 5.06 Å². The number of nitrogens with zero attached hydrogens (tertiary/aromatic N) is 1. The van der Waals surface area contributed by atoms with E-state index in [4.69, 9.17) is 9.57 Å². The van der Waals surface area contributed by atoms with Gasteiger partial charge in [-0.2, -0.15) is 0 Å². The normalized spacial score (nSPS) is 42.8. The van der Waals surface area contributed by atoms with Crippen LogP contribution in [0, 0.1) is 34.5 Å². The zero-order valence-electron chi connectivity index (χ0n) is 24.4. The highest BCUT2D eigenvalue weighted by Gasteiger charge is 2.70. The number of hydroxylamine groups is 2. The van der Waals surface area contributed by atoms with Crippen LogP contribution in [0.3, 0.4) is 0 Å². The second-order valence-electron chi connectivity index (χ2n) is 14.0. The van der Waals surface area contributed by atoms with Gasteiger partial charge in [0, 0.05) is 36.8 Å². The Morgan fingerprint density at radius 3 is 2.45 bits per heavy atom. The Labute approximate surface area is 245 Å². The van der Waals surface area contributed by atoms with Crippen LogP contribution in [-0.4, -0.2) is 69.3 Å². The number of carbonyl (C=O) groups excluding carboxylic acids is 5. The minimum absolute atomic E-state index is 0.0178. The lowest BCUT2D eigenvalue weighted by Gasteiger charge is -2.65. The molecule has 1 saturated heterocycles. The third kappa shape index (κ3) is 4.49. The summed E-state index contributed by atoms with van der Waals surface area (Å²) in [5, 5.41) is 27.6. The molecule has 4 saturated carbocycles. The number of amides is 3. The minimum Gasteiger partial charge on any atom is -0.458 e. The maximum atomic E-state index is 12.7. The lowest BCUT2D eigenvalue weighted by molar-refractivity contribution is -0.243. The van der Waals surface area contributed by atoms with Crippen LogP contribution in [0.15, 0.2) is 11.6 Å². The topological polar surface area (TPSA) is 160 Å². The van der Waals surface area contributed by atoms with E-state index in [1.165, 1.54) is 0 Å². The standard InChI is InChI=1S/C31H42N2O9/c1-29-11-9-19(32-24(35)5-8-27(38)42-33-25(36)6-7-26(33)37)14-18(29)3-4-21-22(29)15-23(34)30(2)20(10-12-31(21,30)40)17-13-28(39)41-16-17/h13,18-23,34,40H,3-12,14-16H2,1-2H3,(H,32,35). The molecule has 0 radical (unpaired) electrons. The number of cyclic esters (lactones) is 1. The molecule has 0 bridgehead atoms. The van der Waals surface area contributed by atoms with Crippen LogP contribution in [0.2, 0.25) is 0 Å². The first kappa shape index (κ1) is 29.3. The summed E-state index contributed by atoms with van der Waals surface area (Å²) in [5.74, 6) is -2.06. The number of imide groups is 1. The van der Waals surface area contributed by atoms with E-state index in [0.717, 1.165) is 44.1 Å². The van der Waals surface area contributed by atoms with Crippen molar-refractivity contribution in [2.45, 2.75) is 109 Å². The van der Waals surface area contributed by atoms with Crippen LogP contribution in [-0.2, 0) is 33.5 Å². The number of esters is 1. The average molecular weight is 587 g/mol. The summed E-state index contributed by atoms with van der Waals surface area (Å²) in [6.45, 7) is 4.54. The number of aliphatic hydroxyl groups is 2. The summed E-state index contributed by atoms with van der Waals surface area (Å²) < 4.78 is 5.19. The van der Waals surface area contributed by atoms with Crippen molar-refractivity contribution >= 4 is 29.7 Å². The predicted molar refractivity (Wildman–Crippen MR) is 145 cm³/mol. The smallest absolute Gasteiger partial charge is 0.333 e. The molecule has 6 aliphatic rings. The summed E-state index contributed by atoms with van der Waals surface area (Å²) in [7, 11) is 0. The molecule has 11 nitrogen and oxygen atoms in total. The van der Waals surface area contributed by atoms with E-state index in [0.29, 0.717) is 23.8 Å². The number of ether oxygens (including phenoxy) is 1. The third-order valence-electron chi connectivity index (χ3n) is 12.2. The van der Waals surface area contributed by atoms with Crippen molar-refractivity contribution < 1.29 is 43.8 Å². The zero-order valence-corrected chi connectivity index (χ0v) is 24.4. The first-order valence-corrected chi connectivity index (χ1v) is 15.5. The lowest BCUT2D eigenvalue weighted by Crippen LogP contribution is -2.67. The molecule has 3 N–H and O–H groups in total. The Kier molecular flexibility index (Phi) is 7.28. The van der Waals surface area contributed by atoms with Crippen LogP contribution in [0.1, 0.15) is 90.9 Å². The molecule has 4 aliphatic carbocycles. The van der Waals surface area contributed by atoms with E-state index in [1.54, 1.807) is 6.08 Å². The third-order valence-corrected chi connectivity index (χ3v) is 12.2. The van der Waals surface area contributed by atoms with E-state index < -0.39 is 34.9 Å². The Morgan fingerprint density at radius 2 is 1.76 bits per heavy atom. The highest BCUT2D eigenvalue weighted by atomic mass is 16.7. The van der Waals surface area contributed by atoms with E-state index in [-0.39, 0.29) is 73.4 Å². The maximum absolute atomic E-state index is 12.7. The summed E-state index contributed by atoms with van der Waals surface area (Å²) in [5.41, 5.74) is -0.952. The first-order valence-electron chi connectivity index (χ1n) is 15.5. The predicted octanol–water partition coefficient (Wildman–Crippen LogP) is 2.09. The molecule has 11 heteroatoms. The van der Waals surface area contributed by atoms with Gasteiger partial charge in [0.15, 0.2) is 0 Å². The molecule has 230 valence electrons. The fraction of sp³-hybridized carbons (Fsp3) is 0.774. The molecule has 6 rings (SSSR count). The van der Waals surface area contributed by atoms with Crippen LogP contribution in [0.25, 0.3) is 0 Å². The number of nitrogens with one attached hydrogen (secondary N) is 1. The molecule has 3 amide bonds. The molecule has 9 atom stereocenters. The molecule has 0 aromatic heterocycles.